The summed E-state index contributed by atoms with van der Waals surface area (Å²) < 4.78 is 0. The molecule has 2 aromatic rings. The molecular formula is C9H8ClNS. The molecule has 0 aliphatic rings. The number of thioether (sulfide) groups is 1. The van der Waals surface area contributed by atoms with Crippen molar-refractivity contribution < 1.29 is 0 Å². The third-order valence-corrected chi connectivity index (χ3v) is 2.94. The molecular weight excluding hydrogens is 190 g/mol. The molecule has 0 radical (unpaired) electrons. The molecule has 0 aliphatic carbocycles. The number of hydrogen-bond acceptors (Lipinski definition) is 1. The van der Waals surface area contributed by atoms with E-state index in [1.807, 2.05) is 18.3 Å². The van der Waals surface area contributed by atoms with E-state index in [0.29, 0.717) is 0 Å². The second-order valence-corrected chi connectivity index (χ2v) is 3.77. The van der Waals surface area contributed by atoms with E-state index in [1.54, 1.807) is 11.8 Å². The van der Waals surface area contributed by atoms with E-state index in [1.165, 1.54) is 10.3 Å². The highest BCUT2D eigenvalue weighted by Gasteiger charge is 2.03. The number of rotatable bonds is 1. The number of halogens is 1. The Labute approximate surface area is 80.1 Å². The number of H-pyrrole nitrogens is 1. The molecule has 0 unspecified atom stereocenters. The highest BCUT2D eigenvalue weighted by Crippen LogP contribution is 2.29. The van der Waals surface area contributed by atoms with Crippen molar-refractivity contribution in [2.24, 2.45) is 0 Å². The van der Waals surface area contributed by atoms with Crippen LogP contribution in [0.3, 0.4) is 0 Å². The van der Waals surface area contributed by atoms with Crippen LogP contribution in [0.1, 0.15) is 0 Å². The number of hydrogen-bond donors (Lipinski definition) is 1. The SMILES string of the molecule is CSc1c[nH]c2c(Cl)cccc12. The summed E-state index contributed by atoms with van der Waals surface area (Å²) in [7, 11) is 0. The van der Waals surface area contributed by atoms with Crippen molar-refractivity contribution in [3.05, 3.63) is 29.4 Å². The minimum absolute atomic E-state index is 0.785. The Hall–Kier alpha value is -0.600. The minimum atomic E-state index is 0.785. The molecule has 0 amide bonds. The van der Waals surface area contributed by atoms with Gasteiger partial charge in [-0.2, -0.15) is 0 Å². The van der Waals surface area contributed by atoms with Crippen LogP contribution in [0.15, 0.2) is 29.3 Å². The van der Waals surface area contributed by atoms with Gasteiger partial charge in [0.2, 0.25) is 0 Å². The quantitative estimate of drug-likeness (QED) is 0.692. The van der Waals surface area contributed by atoms with Gasteiger partial charge in [0.05, 0.1) is 10.5 Å². The number of aromatic amines is 1. The molecule has 0 atom stereocenters. The van der Waals surface area contributed by atoms with Gasteiger partial charge < -0.3 is 4.98 Å². The fourth-order valence-electron chi connectivity index (χ4n) is 1.26. The number of nitrogens with one attached hydrogen (secondary N) is 1. The lowest BCUT2D eigenvalue weighted by atomic mass is 10.2. The summed E-state index contributed by atoms with van der Waals surface area (Å²) in [5.74, 6) is 0. The van der Waals surface area contributed by atoms with E-state index >= 15 is 0 Å². The molecule has 0 fully saturated rings. The Bertz CT molecular complexity index is 408. The first kappa shape index (κ1) is 8.02. The van der Waals surface area contributed by atoms with Gasteiger partial charge in [-0.3, -0.25) is 0 Å². The lowest BCUT2D eigenvalue weighted by Gasteiger charge is -1.93. The third kappa shape index (κ3) is 1.11. The van der Waals surface area contributed by atoms with Gasteiger partial charge in [0.1, 0.15) is 0 Å². The van der Waals surface area contributed by atoms with Gasteiger partial charge in [-0.15, -0.1) is 11.8 Å². The normalized spacial score (nSPS) is 10.8. The zero-order chi connectivity index (χ0) is 8.55. The predicted octanol–water partition coefficient (Wildman–Crippen LogP) is 3.54. The van der Waals surface area contributed by atoms with Crippen LogP contribution in [0, 0.1) is 0 Å². The molecule has 0 bridgehead atoms. The summed E-state index contributed by atoms with van der Waals surface area (Å²) in [5, 5.41) is 1.99. The average molecular weight is 198 g/mol. The molecule has 2 rings (SSSR count). The summed E-state index contributed by atoms with van der Waals surface area (Å²) in [6.45, 7) is 0. The van der Waals surface area contributed by atoms with Gasteiger partial charge in [-0.05, 0) is 12.3 Å². The third-order valence-electron chi connectivity index (χ3n) is 1.85. The standard InChI is InChI=1S/C9H8ClNS/c1-12-8-5-11-9-6(8)3-2-4-7(9)10/h2-5,11H,1H3. The van der Waals surface area contributed by atoms with Crippen LogP contribution < -0.4 is 0 Å². The van der Waals surface area contributed by atoms with E-state index in [4.69, 9.17) is 11.6 Å². The fourth-order valence-corrected chi connectivity index (χ4v) is 2.06. The number of fused-ring (bicyclic) bond motifs is 1. The first-order chi connectivity index (χ1) is 5.83. The smallest absolute Gasteiger partial charge is 0.0654 e. The molecule has 1 N–H and O–H groups in total. The highest BCUT2D eigenvalue weighted by molar-refractivity contribution is 7.98. The zero-order valence-electron chi connectivity index (χ0n) is 6.60. The van der Waals surface area contributed by atoms with Crippen LogP contribution in [0.4, 0.5) is 0 Å². The molecule has 0 saturated carbocycles. The molecule has 1 aromatic heterocycles. The van der Waals surface area contributed by atoms with Crippen molar-refractivity contribution in [3.8, 4) is 0 Å². The maximum atomic E-state index is 5.99. The van der Waals surface area contributed by atoms with Gasteiger partial charge >= 0.3 is 0 Å². The lowest BCUT2D eigenvalue weighted by Crippen LogP contribution is -1.69. The van der Waals surface area contributed by atoms with Crippen molar-refractivity contribution in [1.82, 2.24) is 4.98 Å². The summed E-state index contributed by atoms with van der Waals surface area (Å²) in [6, 6.07) is 5.94. The Morgan fingerprint density at radius 1 is 1.42 bits per heavy atom. The van der Waals surface area contributed by atoms with Gasteiger partial charge in [-0.1, -0.05) is 23.7 Å². The number of aromatic nitrogens is 1. The van der Waals surface area contributed by atoms with Crippen LogP contribution in [-0.2, 0) is 0 Å². The van der Waals surface area contributed by atoms with Gasteiger partial charge in [-0.25, -0.2) is 0 Å². The predicted molar refractivity (Wildman–Crippen MR) is 55.1 cm³/mol. The van der Waals surface area contributed by atoms with Crippen LogP contribution in [-0.4, -0.2) is 11.2 Å². The Kier molecular flexibility index (Phi) is 2.03. The van der Waals surface area contributed by atoms with E-state index in [9.17, 15) is 0 Å². The van der Waals surface area contributed by atoms with Crippen molar-refractivity contribution in [1.29, 1.82) is 0 Å². The largest absolute Gasteiger partial charge is 0.359 e. The van der Waals surface area contributed by atoms with Crippen LogP contribution >= 0.6 is 23.4 Å². The van der Waals surface area contributed by atoms with Crippen molar-refractivity contribution in [2.75, 3.05) is 6.26 Å². The molecule has 1 heterocycles. The molecule has 62 valence electrons. The van der Waals surface area contributed by atoms with Crippen LogP contribution in [0.2, 0.25) is 5.02 Å². The maximum Gasteiger partial charge on any atom is 0.0654 e. The minimum Gasteiger partial charge on any atom is -0.359 e. The van der Waals surface area contributed by atoms with Crippen LogP contribution in [0.5, 0.6) is 0 Å². The first-order valence-corrected chi connectivity index (χ1v) is 5.23. The van der Waals surface area contributed by atoms with Crippen molar-refractivity contribution in [2.45, 2.75) is 4.90 Å². The van der Waals surface area contributed by atoms with Gasteiger partial charge in [0, 0.05) is 16.5 Å². The second kappa shape index (κ2) is 3.04. The Morgan fingerprint density at radius 3 is 3.00 bits per heavy atom. The Balaban J connectivity index is 2.80. The second-order valence-electron chi connectivity index (χ2n) is 2.52. The first-order valence-electron chi connectivity index (χ1n) is 3.62. The summed E-state index contributed by atoms with van der Waals surface area (Å²) >= 11 is 7.71. The highest BCUT2D eigenvalue weighted by atomic mass is 35.5. The number of para-hydroxylation sites is 1. The van der Waals surface area contributed by atoms with Gasteiger partial charge in [0.15, 0.2) is 0 Å². The van der Waals surface area contributed by atoms with E-state index in [-0.39, 0.29) is 0 Å². The Morgan fingerprint density at radius 2 is 2.25 bits per heavy atom. The molecule has 0 aliphatic heterocycles. The maximum absolute atomic E-state index is 5.99. The van der Waals surface area contributed by atoms with Crippen LogP contribution in [0.25, 0.3) is 10.9 Å². The summed E-state index contributed by atoms with van der Waals surface area (Å²) in [5.41, 5.74) is 1.03. The monoisotopic (exact) mass is 197 g/mol. The molecule has 12 heavy (non-hydrogen) atoms. The lowest BCUT2D eigenvalue weighted by molar-refractivity contribution is 1.42. The molecule has 0 saturated heterocycles. The molecule has 0 spiro atoms. The fraction of sp³-hybridized carbons (Fsp3) is 0.111. The summed E-state index contributed by atoms with van der Waals surface area (Å²) in [4.78, 5) is 4.40. The number of benzene rings is 1. The van der Waals surface area contributed by atoms with Gasteiger partial charge in [0.25, 0.3) is 0 Å². The topological polar surface area (TPSA) is 15.8 Å². The molecule has 3 heteroatoms. The van der Waals surface area contributed by atoms with E-state index < -0.39 is 0 Å². The molecule has 1 aromatic carbocycles. The average Bonchev–Trinajstić information content (AvgIpc) is 2.49. The van der Waals surface area contributed by atoms with Crippen molar-refractivity contribution >= 4 is 34.3 Å². The van der Waals surface area contributed by atoms with E-state index in [0.717, 1.165) is 10.5 Å². The molecule has 1 nitrogen and oxygen atoms in total. The summed E-state index contributed by atoms with van der Waals surface area (Å²) in [6.07, 6.45) is 4.05. The van der Waals surface area contributed by atoms with Crippen molar-refractivity contribution in [3.63, 3.8) is 0 Å². The van der Waals surface area contributed by atoms with E-state index in [2.05, 4.69) is 17.3 Å². The zero-order valence-corrected chi connectivity index (χ0v) is 8.17.